The van der Waals surface area contributed by atoms with Gasteiger partial charge in [0, 0.05) is 32.4 Å². The Balaban J connectivity index is 1.58. The molecule has 1 fully saturated rings. The minimum absolute atomic E-state index is 0.0527. The third-order valence-corrected chi connectivity index (χ3v) is 4.80. The van der Waals surface area contributed by atoms with Crippen molar-refractivity contribution in [2.75, 3.05) is 26.2 Å². The minimum Gasteiger partial charge on any atom is -0.505 e. The Morgan fingerprint density at radius 1 is 1.32 bits per heavy atom. The highest BCUT2D eigenvalue weighted by molar-refractivity contribution is 5.96. The van der Waals surface area contributed by atoms with E-state index in [0.717, 1.165) is 32.6 Å². The van der Waals surface area contributed by atoms with Gasteiger partial charge in [-0.05, 0) is 37.4 Å². The van der Waals surface area contributed by atoms with Crippen LogP contribution >= 0.6 is 0 Å². The van der Waals surface area contributed by atoms with Crippen molar-refractivity contribution in [3.63, 3.8) is 0 Å². The van der Waals surface area contributed by atoms with Crippen molar-refractivity contribution in [1.29, 1.82) is 0 Å². The fourth-order valence-electron chi connectivity index (χ4n) is 3.45. The first-order valence-corrected chi connectivity index (χ1v) is 8.86. The number of rotatable bonds is 6. The lowest BCUT2D eigenvalue weighted by Gasteiger charge is -2.25. The van der Waals surface area contributed by atoms with Gasteiger partial charge in [-0.1, -0.05) is 30.3 Å². The topological polar surface area (TPSA) is 56.7 Å². The number of aromatic nitrogens is 1. The van der Waals surface area contributed by atoms with E-state index in [-0.39, 0.29) is 11.7 Å². The molecule has 1 aromatic heterocycles. The maximum Gasteiger partial charge on any atom is 0.257 e. The van der Waals surface area contributed by atoms with Crippen molar-refractivity contribution in [1.82, 2.24) is 14.8 Å². The molecule has 25 heavy (non-hydrogen) atoms. The van der Waals surface area contributed by atoms with Gasteiger partial charge < -0.3 is 10.0 Å². The van der Waals surface area contributed by atoms with E-state index in [1.807, 2.05) is 17.9 Å². The van der Waals surface area contributed by atoms with E-state index < -0.39 is 0 Å². The number of carbonyl (C=O) groups is 1. The Morgan fingerprint density at radius 3 is 2.84 bits per heavy atom. The zero-order valence-corrected chi connectivity index (χ0v) is 14.6. The third kappa shape index (κ3) is 4.37. The van der Waals surface area contributed by atoms with Crippen LogP contribution in [0.3, 0.4) is 0 Å². The molecule has 0 unspecified atom stereocenters. The predicted molar refractivity (Wildman–Crippen MR) is 97.3 cm³/mol. The first kappa shape index (κ1) is 17.4. The molecule has 3 rings (SSSR count). The van der Waals surface area contributed by atoms with E-state index in [1.165, 1.54) is 18.0 Å². The van der Waals surface area contributed by atoms with Crippen molar-refractivity contribution < 1.29 is 9.90 Å². The quantitative estimate of drug-likeness (QED) is 0.879. The van der Waals surface area contributed by atoms with Crippen LogP contribution in [0, 0.1) is 5.92 Å². The molecule has 0 aliphatic carbocycles. The van der Waals surface area contributed by atoms with Crippen LogP contribution in [-0.2, 0) is 6.54 Å². The molecule has 5 nitrogen and oxygen atoms in total. The van der Waals surface area contributed by atoms with Gasteiger partial charge in [0.05, 0.1) is 11.8 Å². The molecule has 0 bridgehead atoms. The predicted octanol–water partition coefficient (Wildman–Crippen LogP) is 2.77. The summed E-state index contributed by atoms with van der Waals surface area (Å²) in [4.78, 5) is 20.8. The molecule has 0 spiro atoms. The number of amides is 1. The van der Waals surface area contributed by atoms with Gasteiger partial charge in [-0.25, -0.2) is 0 Å². The number of aromatic hydroxyl groups is 1. The van der Waals surface area contributed by atoms with Crippen LogP contribution < -0.4 is 0 Å². The molecule has 0 saturated carbocycles. The van der Waals surface area contributed by atoms with Crippen molar-refractivity contribution in [3.8, 4) is 5.75 Å². The molecule has 0 radical (unpaired) electrons. The second kappa shape index (κ2) is 8.12. The molecule has 132 valence electrons. The van der Waals surface area contributed by atoms with Crippen molar-refractivity contribution >= 4 is 5.91 Å². The van der Waals surface area contributed by atoms with Crippen LogP contribution in [0.1, 0.15) is 29.3 Å². The van der Waals surface area contributed by atoms with Gasteiger partial charge in [0.25, 0.3) is 5.91 Å². The van der Waals surface area contributed by atoms with Crippen molar-refractivity contribution in [3.05, 3.63) is 59.9 Å². The minimum atomic E-state index is -0.121. The molecule has 1 aliphatic heterocycles. The SMILES string of the molecule is CCN(C[C@H]1CCN(Cc2ccccc2)C1)C(=O)c1ccncc1O. The number of carbonyl (C=O) groups excluding carboxylic acids is 1. The standard InChI is InChI=1S/C20H25N3O2/c1-2-23(20(25)18-8-10-21-12-19(18)24)15-17-9-11-22(14-17)13-16-6-4-3-5-7-16/h3-8,10,12,17,24H,2,9,11,13-15H2,1H3/t17-/m0/s1. The van der Waals surface area contributed by atoms with E-state index in [2.05, 4.69) is 34.1 Å². The fourth-order valence-corrected chi connectivity index (χ4v) is 3.45. The fraction of sp³-hybridized carbons (Fsp3) is 0.400. The zero-order chi connectivity index (χ0) is 17.6. The average Bonchev–Trinajstić information content (AvgIpc) is 3.07. The monoisotopic (exact) mass is 339 g/mol. The highest BCUT2D eigenvalue weighted by atomic mass is 16.3. The van der Waals surface area contributed by atoms with Gasteiger partial charge in [-0.15, -0.1) is 0 Å². The molecule has 1 saturated heterocycles. The first-order valence-electron chi connectivity index (χ1n) is 8.86. The Hall–Kier alpha value is -2.40. The van der Waals surface area contributed by atoms with E-state index in [4.69, 9.17) is 0 Å². The summed E-state index contributed by atoms with van der Waals surface area (Å²) in [7, 11) is 0. The van der Waals surface area contributed by atoms with Crippen molar-refractivity contribution in [2.45, 2.75) is 19.9 Å². The first-order chi connectivity index (χ1) is 12.2. The van der Waals surface area contributed by atoms with Crippen LogP contribution in [0.15, 0.2) is 48.8 Å². The van der Waals surface area contributed by atoms with Gasteiger partial charge in [0.1, 0.15) is 5.75 Å². The van der Waals surface area contributed by atoms with Crippen molar-refractivity contribution in [2.24, 2.45) is 5.92 Å². The van der Waals surface area contributed by atoms with E-state index >= 15 is 0 Å². The molecular weight excluding hydrogens is 314 g/mol. The summed E-state index contributed by atoms with van der Waals surface area (Å²) in [6, 6.07) is 12.1. The molecular formula is C20H25N3O2. The third-order valence-electron chi connectivity index (χ3n) is 4.80. The van der Waals surface area contributed by atoms with Gasteiger partial charge in [-0.3, -0.25) is 14.7 Å². The normalized spacial score (nSPS) is 17.6. The lowest BCUT2D eigenvalue weighted by molar-refractivity contribution is 0.0735. The largest absolute Gasteiger partial charge is 0.505 e. The van der Waals surface area contributed by atoms with Gasteiger partial charge in [0.15, 0.2) is 0 Å². The number of likely N-dealkylation sites (tertiary alicyclic amines) is 1. The summed E-state index contributed by atoms with van der Waals surface area (Å²) in [5.41, 5.74) is 1.66. The molecule has 1 N–H and O–H groups in total. The van der Waals surface area contributed by atoms with E-state index in [1.54, 1.807) is 6.07 Å². The van der Waals surface area contributed by atoms with Gasteiger partial charge >= 0.3 is 0 Å². The lowest BCUT2D eigenvalue weighted by atomic mass is 10.1. The maximum atomic E-state index is 12.7. The summed E-state index contributed by atoms with van der Waals surface area (Å²) in [6.07, 6.45) is 3.95. The van der Waals surface area contributed by atoms with Gasteiger partial charge in [0.2, 0.25) is 0 Å². The highest BCUT2D eigenvalue weighted by Gasteiger charge is 2.27. The van der Waals surface area contributed by atoms with Crippen LogP contribution in [0.2, 0.25) is 0 Å². The summed E-state index contributed by atoms with van der Waals surface area (Å²) in [5, 5.41) is 9.87. The van der Waals surface area contributed by atoms with E-state index in [9.17, 15) is 9.90 Å². The summed E-state index contributed by atoms with van der Waals surface area (Å²) in [6.45, 7) is 6.36. The second-order valence-corrected chi connectivity index (χ2v) is 6.61. The summed E-state index contributed by atoms with van der Waals surface area (Å²) >= 11 is 0. The number of pyridine rings is 1. The smallest absolute Gasteiger partial charge is 0.257 e. The van der Waals surface area contributed by atoms with Crippen LogP contribution in [-0.4, -0.2) is 52.0 Å². The second-order valence-electron chi connectivity index (χ2n) is 6.61. The molecule has 2 heterocycles. The molecule has 1 aromatic carbocycles. The highest BCUT2D eigenvalue weighted by Crippen LogP contribution is 2.22. The molecule has 1 aliphatic rings. The molecule has 1 amide bonds. The van der Waals surface area contributed by atoms with Crippen LogP contribution in [0.25, 0.3) is 0 Å². The number of nitrogens with zero attached hydrogens (tertiary/aromatic N) is 3. The number of hydrogen-bond donors (Lipinski definition) is 1. The Bertz CT molecular complexity index is 705. The Kier molecular flexibility index (Phi) is 5.66. The van der Waals surface area contributed by atoms with Gasteiger partial charge in [-0.2, -0.15) is 0 Å². The maximum absolute atomic E-state index is 12.7. The Morgan fingerprint density at radius 2 is 2.12 bits per heavy atom. The summed E-state index contributed by atoms with van der Waals surface area (Å²) in [5.74, 6) is 0.295. The average molecular weight is 339 g/mol. The number of benzene rings is 1. The molecule has 5 heteroatoms. The molecule has 2 aromatic rings. The lowest BCUT2D eigenvalue weighted by Crippen LogP contribution is -2.36. The number of hydrogen-bond acceptors (Lipinski definition) is 4. The van der Waals surface area contributed by atoms with Crippen LogP contribution in [0.5, 0.6) is 5.75 Å². The summed E-state index contributed by atoms with van der Waals surface area (Å²) < 4.78 is 0. The Labute approximate surface area is 148 Å². The van der Waals surface area contributed by atoms with Crippen LogP contribution in [0.4, 0.5) is 0 Å². The zero-order valence-electron chi connectivity index (χ0n) is 14.6. The van der Waals surface area contributed by atoms with E-state index in [0.29, 0.717) is 18.0 Å². The molecule has 1 atom stereocenters.